The molecule has 0 radical (unpaired) electrons. The van der Waals surface area contributed by atoms with Crippen LogP contribution in [0.5, 0.6) is 0 Å². The molecule has 1 aliphatic rings. The number of carbonyl (C=O) groups excluding carboxylic acids is 1. The third kappa shape index (κ3) is 2.97. The Labute approximate surface area is 126 Å². The lowest BCUT2D eigenvalue weighted by Crippen LogP contribution is -2.44. The zero-order chi connectivity index (χ0) is 14.9. The van der Waals surface area contributed by atoms with Gasteiger partial charge in [0.15, 0.2) is 0 Å². The Hall–Kier alpha value is -1.12. The fourth-order valence-electron chi connectivity index (χ4n) is 2.25. The minimum absolute atomic E-state index is 0.114. The third-order valence-corrected chi connectivity index (χ3v) is 6.22. The van der Waals surface area contributed by atoms with Crippen LogP contribution in [0.15, 0.2) is 27.6 Å². The van der Waals surface area contributed by atoms with Crippen molar-refractivity contribution in [3.05, 3.63) is 22.7 Å². The highest BCUT2D eigenvalue weighted by atomic mass is 79.9. The quantitative estimate of drug-likeness (QED) is 0.780. The number of anilines is 1. The van der Waals surface area contributed by atoms with E-state index in [1.807, 2.05) is 0 Å². The first kappa shape index (κ1) is 15.3. The van der Waals surface area contributed by atoms with E-state index in [0.717, 1.165) is 0 Å². The first-order valence-corrected chi connectivity index (χ1v) is 8.40. The number of carbonyl (C=O) groups is 1. The molecule has 0 aliphatic carbocycles. The maximum atomic E-state index is 12.6. The smallest absolute Gasteiger partial charge is 0.244 e. The summed E-state index contributed by atoms with van der Waals surface area (Å²) in [6, 6.07) is 4.62. The zero-order valence-electron chi connectivity index (χ0n) is 10.8. The first-order valence-electron chi connectivity index (χ1n) is 6.17. The SMILES string of the molecule is NC(=O)C1CCCN(S(=O)(=O)c2cc(N)ccc2Br)C1. The van der Waals surface area contributed by atoms with Crippen LogP contribution < -0.4 is 11.5 Å². The van der Waals surface area contributed by atoms with E-state index in [-0.39, 0.29) is 11.4 Å². The highest BCUT2D eigenvalue weighted by molar-refractivity contribution is 9.10. The van der Waals surface area contributed by atoms with Crippen LogP contribution in [0.1, 0.15) is 12.8 Å². The summed E-state index contributed by atoms with van der Waals surface area (Å²) in [5.41, 5.74) is 11.3. The van der Waals surface area contributed by atoms with Gasteiger partial charge in [-0.15, -0.1) is 0 Å². The van der Waals surface area contributed by atoms with Gasteiger partial charge < -0.3 is 11.5 Å². The van der Waals surface area contributed by atoms with E-state index in [2.05, 4.69) is 15.9 Å². The molecule has 4 N–H and O–H groups in total. The summed E-state index contributed by atoms with van der Waals surface area (Å²) in [4.78, 5) is 11.4. The van der Waals surface area contributed by atoms with Gasteiger partial charge in [-0.25, -0.2) is 8.42 Å². The van der Waals surface area contributed by atoms with Gasteiger partial charge in [0.2, 0.25) is 15.9 Å². The standard InChI is InChI=1S/C12H16BrN3O3S/c13-10-4-3-9(14)6-11(10)20(18,19)16-5-1-2-8(7-16)12(15)17/h3-4,6,8H,1-2,5,7,14H2,(H2,15,17). The van der Waals surface area contributed by atoms with Crippen molar-refractivity contribution in [2.24, 2.45) is 11.7 Å². The number of hydrogen-bond acceptors (Lipinski definition) is 4. The van der Waals surface area contributed by atoms with Gasteiger partial charge in [0, 0.05) is 23.2 Å². The predicted molar refractivity (Wildman–Crippen MR) is 79.2 cm³/mol. The summed E-state index contributed by atoms with van der Waals surface area (Å²) in [7, 11) is -3.68. The van der Waals surface area contributed by atoms with Gasteiger partial charge in [0.1, 0.15) is 0 Å². The van der Waals surface area contributed by atoms with Crippen LogP contribution in [0.2, 0.25) is 0 Å². The lowest BCUT2D eigenvalue weighted by molar-refractivity contribution is -0.122. The van der Waals surface area contributed by atoms with Gasteiger partial charge in [0.05, 0.1) is 10.8 Å². The van der Waals surface area contributed by atoms with Crippen molar-refractivity contribution in [2.45, 2.75) is 17.7 Å². The van der Waals surface area contributed by atoms with Crippen LogP contribution in [0.4, 0.5) is 5.69 Å². The van der Waals surface area contributed by atoms with E-state index in [4.69, 9.17) is 11.5 Å². The molecule has 2 rings (SSSR count). The maximum Gasteiger partial charge on any atom is 0.244 e. The molecule has 0 spiro atoms. The molecule has 1 fully saturated rings. The monoisotopic (exact) mass is 361 g/mol. The van der Waals surface area contributed by atoms with Gasteiger partial charge >= 0.3 is 0 Å². The molecule has 1 aliphatic heterocycles. The molecule has 1 saturated heterocycles. The van der Waals surface area contributed by atoms with E-state index in [1.54, 1.807) is 12.1 Å². The molecule has 8 heteroatoms. The lowest BCUT2D eigenvalue weighted by atomic mass is 9.99. The number of nitrogens with two attached hydrogens (primary N) is 2. The second-order valence-corrected chi connectivity index (χ2v) is 7.56. The average Bonchev–Trinajstić information content (AvgIpc) is 2.41. The third-order valence-electron chi connectivity index (χ3n) is 3.36. The highest BCUT2D eigenvalue weighted by Crippen LogP contribution is 2.29. The molecule has 0 saturated carbocycles. The molecular weight excluding hydrogens is 346 g/mol. The fraction of sp³-hybridized carbons (Fsp3) is 0.417. The topological polar surface area (TPSA) is 106 Å². The van der Waals surface area contributed by atoms with Crippen molar-refractivity contribution >= 4 is 37.5 Å². The Balaban J connectivity index is 2.35. The number of rotatable bonds is 3. The van der Waals surface area contributed by atoms with Crippen molar-refractivity contribution in [1.29, 1.82) is 0 Å². The Morgan fingerprint density at radius 2 is 2.10 bits per heavy atom. The van der Waals surface area contributed by atoms with E-state index in [1.165, 1.54) is 10.4 Å². The Kier molecular flexibility index (Phi) is 4.36. The molecule has 1 atom stereocenters. The molecule has 6 nitrogen and oxygen atoms in total. The van der Waals surface area contributed by atoms with Gasteiger partial charge in [-0.3, -0.25) is 4.79 Å². The van der Waals surface area contributed by atoms with Crippen molar-refractivity contribution in [2.75, 3.05) is 18.8 Å². The molecule has 20 heavy (non-hydrogen) atoms. The van der Waals surface area contributed by atoms with E-state index < -0.39 is 21.8 Å². The molecule has 1 aromatic rings. The summed E-state index contributed by atoms with van der Waals surface area (Å²) in [6.07, 6.45) is 1.24. The largest absolute Gasteiger partial charge is 0.399 e. The lowest BCUT2D eigenvalue weighted by Gasteiger charge is -2.30. The summed E-state index contributed by atoms with van der Waals surface area (Å²) in [6.45, 7) is 0.506. The van der Waals surface area contributed by atoms with Gasteiger partial charge in [0.25, 0.3) is 0 Å². The van der Waals surface area contributed by atoms with Crippen molar-refractivity contribution in [1.82, 2.24) is 4.31 Å². The molecule has 110 valence electrons. The molecule has 0 aromatic heterocycles. The Bertz CT molecular complexity index is 633. The summed E-state index contributed by atoms with van der Waals surface area (Å²) >= 11 is 3.22. The number of benzene rings is 1. The average molecular weight is 362 g/mol. The van der Waals surface area contributed by atoms with Crippen molar-refractivity contribution in [3.63, 3.8) is 0 Å². The molecule has 1 heterocycles. The van der Waals surface area contributed by atoms with Crippen LogP contribution in [0, 0.1) is 5.92 Å². The van der Waals surface area contributed by atoms with Crippen molar-refractivity contribution in [3.8, 4) is 0 Å². The summed E-state index contributed by atoms with van der Waals surface area (Å²) < 4.78 is 27.0. The minimum atomic E-state index is -3.68. The van der Waals surface area contributed by atoms with Gasteiger partial charge in [-0.2, -0.15) is 4.31 Å². The van der Waals surface area contributed by atoms with E-state index in [9.17, 15) is 13.2 Å². The van der Waals surface area contributed by atoms with Crippen LogP contribution in [-0.2, 0) is 14.8 Å². The Morgan fingerprint density at radius 3 is 2.75 bits per heavy atom. The van der Waals surface area contributed by atoms with Crippen LogP contribution in [0.25, 0.3) is 0 Å². The normalized spacial score (nSPS) is 20.8. The molecule has 0 bridgehead atoms. The number of amides is 1. The zero-order valence-corrected chi connectivity index (χ0v) is 13.2. The first-order chi connectivity index (χ1) is 9.32. The van der Waals surface area contributed by atoms with Crippen LogP contribution >= 0.6 is 15.9 Å². The number of nitrogen functional groups attached to an aromatic ring is 1. The molecular formula is C12H16BrN3O3S. The minimum Gasteiger partial charge on any atom is -0.399 e. The van der Waals surface area contributed by atoms with Crippen LogP contribution in [-0.4, -0.2) is 31.7 Å². The molecule has 1 unspecified atom stereocenters. The van der Waals surface area contributed by atoms with Crippen molar-refractivity contribution < 1.29 is 13.2 Å². The second-order valence-electron chi connectivity index (χ2n) is 4.79. The number of sulfonamides is 1. The second kappa shape index (κ2) is 5.71. The van der Waals surface area contributed by atoms with Gasteiger partial charge in [-0.05, 0) is 47.0 Å². The number of nitrogens with zero attached hydrogens (tertiary/aromatic N) is 1. The number of halogens is 1. The molecule has 1 amide bonds. The predicted octanol–water partition coefficient (Wildman–Crippen LogP) is 0.917. The summed E-state index contributed by atoms with van der Waals surface area (Å²) in [5, 5.41) is 0. The van der Waals surface area contributed by atoms with Crippen LogP contribution in [0.3, 0.4) is 0 Å². The number of piperidine rings is 1. The number of hydrogen-bond donors (Lipinski definition) is 2. The fourth-order valence-corrected chi connectivity index (χ4v) is 4.73. The Morgan fingerprint density at radius 1 is 1.40 bits per heavy atom. The van der Waals surface area contributed by atoms with E-state index >= 15 is 0 Å². The maximum absolute atomic E-state index is 12.6. The number of primary amides is 1. The van der Waals surface area contributed by atoms with E-state index in [0.29, 0.717) is 29.5 Å². The van der Waals surface area contributed by atoms with Gasteiger partial charge in [-0.1, -0.05) is 0 Å². The summed E-state index contributed by atoms with van der Waals surface area (Å²) in [5.74, 6) is -0.894. The highest BCUT2D eigenvalue weighted by Gasteiger charge is 2.33. The molecule has 1 aromatic carbocycles.